The lowest BCUT2D eigenvalue weighted by Crippen LogP contribution is -2.28. The molecular formula is C21H23ClN2O8S. The second kappa shape index (κ2) is 11.4. The monoisotopic (exact) mass is 498 g/mol. The predicted molar refractivity (Wildman–Crippen MR) is 122 cm³/mol. The van der Waals surface area contributed by atoms with Crippen LogP contribution in [0.3, 0.4) is 0 Å². The second-order valence-corrected chi connectivity index (χ2v) is 8.39. The fraction of sp³-hybridized carbons (Fsp3) is 0.238. The highest BCUT2D eigenvalue weighted by molar-refractivity contribution is 7.92. The SMILES string of the molecule is C=CCNC(=O)COC(=O)c1ccc(OC)c(S(=O)(=O)Nc2cc(Cl)c(OC)cc2OC)c1. The van der Waals surface area contributed by atoms with Gasteiger partial charge in [-0.3, -0.25) is 9.52 Å². The summed E-state index contributed by atoms with van der Waals surface area (Å²) in [5, 5.41) is 2.60. The second-order valence-electron chi connectivity index (χ2n) is 6.33. The molecule has 2 N–H and O–H groups in total. The van der Waals surface area contributed by atoms with Crippen molar-refractivity contribution >= 4 is 39.2 Å². The van der Waals surface area contributed by atoms with Crippen LogP contribution in [0.25, 0.3) is 0 Å². The molecule has 2 rings (SSSR count). The van der Waals surface area contributed by atoms with Crippen molar-refractivity contribution in [2.75, 3.05) is 39.2 Å². The summed E-state index contributed by atoms with van der Waals surface area (Å²) in [5.41, 5.74) is -0.0651. The maximum absolute atomic E-state index is 13.1. The van der Waals surface area contributed by atoms with E-state index in [1.807, 2.05) is 0 Å². The molecule has 0 aliphatic rings. The van der Waals surface area contributed by atoms with Crippen LogP contribution in [-0.2, 0) is 19.6 Å². The summed E-state index contributed by atoms with van der Waals surface area (Å²) in [6.07, 6.45) is 1.47. The molecule has 0 aliphatic carbocycles. The van der Waals surface area contributed by atoms with Gasteiger partial charge in [-0.25, -0.2) is 13.2 Å². The number of esters is 1. The Labute approximate surface area is 196 Å². The lowest BCUT2D eigenvalue weighted by atomic mass is 10.2. The van der Waals surface area contributed by atoms with Gasteiger partial charge in [-0.15, -0.1) is 6.58 Å². The van der Waals surface area contributed by atoms with Crippen molar-refractivity contribution in [3.63, 3.8) is 0 Å². The Morgan fingerprint density at radius 2 is 1.70 bits per heavy atom. The summed E-state index contributed by atoms with van der Waals surface area (Å²) >= 11 is 6.11. The largest absolute Gasteiger partial charge is 0.495 e. The van der Waals surface area contributed by atoms with Crippen molar-refractivity contribution < 1.29 is 37.0 Å². The highest BCUT2D eigenvalue weighted by Gasteiger charge is 2.24. The Hall–Kier alpha value is -3.44. The molecule has 0 aliphatic heterocycles. The number of carbonyl (C=O) groups is 2. The van der Waals surface area contributed by atoms with Gasteiger partial charge in [-0.05, 0) is 24.3 Å². The zero-order valence-electron chi connectivity index (χ0n) is 18.1. The molecule has 0 saturated carbocycles. The van der Waals surface area contributed by atoms with Crippen LogP contribution in [0, 0.1) is 0 Å². The molecule has 0 atom stereocenters. The molecule has 33 heavy (non-hydrogen) atoms. The smallest absolute Gasteiger partial charge is 0.338 e. The summed E-state index contributed by atoms with van der Waals surface area (Å²) in [4.78, 5) is 23.6. The Kier molecular flexibility index (Phi) is 8.94. The zero-order chi connectivity index (χ0) is 24.6. The quantitative estimate of drug-likeness (QED) is 0.357. The van der Waals surface area contributed by atoms with Crippen LogP contribution in [0.5, 0.6) is 17.2 Å². The van der Waals surface area contributed by atoms with Gasteiger partial charge >= 0.3 is 5.97 Å². The summed E-state index contributed by atoms with van der Waals surface area (Å²) < 4.78 is 49.0. The fourth-order valence-corrected chi connectivity index (χ4v) is 4.10. The molecule has 178 valence electrons. The first-order chi connectivity index (χ1) is 15.7. The van der Waals surface area contributed by atoms with Crippen LogP contribution in [0.2, 0.25) is 5.02 Å². The summed E-state index contributed by atoms with van der Waals surface area (Å²) in [7, 11) is -0.242. The molecule has 0 heterocycles. The van der Waals surface area contributed by atoms with E-state index in [1.165, 1.54) is 51.7 Å². The van der Waals surface area contributed by atoms with Crippen LogP contribution < -0.4 is 24.2 Å². The minimum absolute atomic E-state index is 0.0265. The summed E-state index contributed by atoms with van der Waals surface area (Å²) in [5.74, 6) is -1.01. The molecule has 0 spiro atoms. The van der Waals surface area contributed by atoms with Gasteiger partial charge in [-0.2, -0.15) is 0 Å². The van der Waals surface area contributed by atoms with Crippen LogP contribution in [0.4, 0.5) is 5.69 Å². The van der Waals surface area contributed by atoms with E-state index >= 15 is 0 Å². The molecular weight excluding hydrogens is 476 g/mol. The van der Waals surface area contributed by atoms with Gasteiger partial charge in [0, 0.05) is 12.6 Å². The van der Waals surface area contributed by atoms with Crippen LogP contribution >= 0.6 is 11.6 Å². The van der Waals surface area contributed by atoms with Crippen molar-refractivity contribution in [3.05, 3.63) is 53.6 Å². The normalized spacial score (nSPS) is 10.7. The molecule has 0 radical (unpaired) electrons. The van der Waals surface area contributed by atoms with E-state index in [2.05, 4.69) is 16.6 Å². The highest BCUT2D eigenvalue weighted by atomic mass is 35.5. The van der Waals surface area contributed by atoms with E-state index in [1.54, 1.807) is 0 Å². The highest BCUT2D eigenvalue weighted by Crippen LogP contribution is 2.37. The predicted octanol–water partition coefficient (Wildman–Crippen LogP) is 2.63. The van der Waals surface area contributed by atoms with Gasteiger partial charge < -0.3 is 24.3 Å². The number of rotatable bonds is 11. The van der Waals surface area contributed by atoms with E-state index in [9.17, 15) is 18.0 Å². The Bertz CT molecular complexity index is 1150. The molecule has 1 amide bonds. The number of sulfonamides is 1. The maximum Gasteiger partial charge on any atom is 0.338 e. The average molecular weight is 499 g/mol. The third kappa shape index (κ3) is 6.53. The number of hydrogen-bond acceptors (Lipinski definition) is 8. The molecule has 10 nitrogen and oxygen atoms in total. The van der Waals surface area contributed by atoms with Crippen LogP contribution in [0.1, 0.15) is 10.4 Å². The van der Waals surface area contributed by atoms with Gasteiger partial charge in [0.2, 0.25) is 0 Å². The number of halogens is 1. The van der Waals surface area contributed by atoms with Crippen molar-refractivity contribution in [1.82, 2.24) is 5.32 Å². The zero-order valence-corrected chi connectivity index (χ0v) is 19.7. The Morgan fingerprint density at radius 1 is 1.03 bits per heavy atom. The minimum Gasteiger partial charge on any atom is -0.495 e. The third-order valence-electron chi connectivity index (χ3n) is 4.19. The number of methoxy groups -OCH3 is 3. The molecule has 12 heteroatoms. The molecule has 2 aromatic rings. The van der Waals surface area contributed by atoms with Gasteiger partial charge in [-0.1, -0.05) is 17.7 Å². The van der Waals surface area contributed by atoms with Crippen LogP contribution in [-0.4, -0.2) is 54.8 Å². The number of amides is 1. The standard InChI is InChI=1S/C21H23ClN2O8S/c1-5-8-23-20(25)12-32-21(26)13-6-7-16(29-2)19(9-13)33(27,28)24-15-10-14(22)17(30-3)11-18(15)31-4/h5-7,9-11,24H,1,8,12H2,2-4H3,(H,23,25). The Balaban J connectivity index is 2.35. The van der Waals surface area contributed by atoms with E-state index in [0.717, 1.165) is 6.07 Å². The number of anilines is 1. The number of benzene rings is 2. The summed E-state index contributed by atoms with van der Waals surface area (Å²) in [6, 6.07) is 6.42. The first-order valence-electron chi connectivity index (χ1n) is 9.34. The van der Waals surface area contributed by atoms with E-state index in [4.69, 9.17) is 30.5 Å². The average Bonchev–Trinajstić information content (AvgIpc) is 2.80. The van der Waals surface area contributed by atoms with Crippen molar-refractivity contribution in [2.24, 2.45) is 0 Å². The van der Waals surface area contributed by atoms with Crippen molar-refractivity contribution in [2.45, 2.75) is 4.90 Å². The number of carbonyl (C=O) groups excluding carboxylic acids is 2. The van der Waals surface area contributed by atoms with Gasteiger partial charge in [0.05, 0.1) is 37.6 Å². The molecule has 0 fully saturated rings. The number of hydrogen-bond donors (Lipinski definition) is 2. The number of nitrogens with one attached hydrogen (secondary N) is 2. The maximum atomic E-state index is 13.1. The Morgan fingerprint density at radius 3 is 2.30 bits per heavy atom. The molecule has 2 aromatic carbocycles. The van der Waals surface area contributed by atoms with Gasteiger partial charge in [0.1, 0.15) is 22.1 Å². The third-order valence-corrected chi connectivity index (χ3v) is 5.87. The first-order valence-corrected chi connectivity index (χ1v) is 11.2. The molecule has 0 unspecified atom stereocenters. The van der Waals surface area contributed by atoms with Gasteiger partial charge in [0.15, 0.2) is 6.61 Å². The van der Waals surface area contributed by atoms with E-state index < -0.39 is 28.5 Å². The lowest BCUT2D eigenvalue weighted by Gasteiger charge is -2.16. The lowest BCUT2D eigenvalue weighted by molar-refractivity contribution is -0.124. The van der Waals surface area contributed by atoms with Crippen molar-refractivity contribution in [1.29, 1.82) is 0 Å². The minimum atomic E-state index is -4.28. The van der Waals surface area contributed by atoms with E-state index in [0.29, 0.717) is 0 Å². The fourth-order valence-electron chi connectivity index (χ4n) is 2.60. The summed E-state index contributed by atoms with van der Waals surface area (Å²) in [6.45, 7) is 3.13. The van der Waals surface area contributed by atoms with E-state index in [-0.39, 0.29) is 45.0 Å². The molecule has 0 saturated heterocycles. The van der Waals surface area contributed by atoms with Crippen LogP contribution in [0.15, 0.2) is 47.9 Å². The van der Waals surface area contributed by atoms with Crippen molar-refractivity contribution in [3.8, 4) is 17.2 Å². The number of ether oxygens (including phenoxy) is 4. The van der Waals surface area contributed by atoms with Gasteiger partial charge in [0.25, 0.3) is 15.9 Å². The topological polar surface area (TPSA) is 129 Å². The molecule has 0 bridgehead atoms. The first kappa shape index (κ1) is 25.8. The molecule has 0 aromatic heterocycles.